The molecule has 1 aromatic rings. The third-order valence-corrected chi connectivity index (χ3v) is 4.66. The van der Waals surface area contributed by atoms with Gasteiger partial charge >= 0.3 is 0 Å². The Kier molecular flexibility index (Phi) is 4.16. The first kappa shape index (κ1) is 14.3. The standard InChI is InChI=1S/C14H19BrN2O2/c1-14(7-3-4-12(14)16)13(18)17-11-8-9(19-2)5-6-10(11)15/h5-6,8,12H,3-4,7,16H2,1-2H3,(H,17,18). The molecule has 1 saturated carbocycles. The number of methoxy groups -OCH3 is 1. The molecule has 2 atom stereocenters. The number of carbonyl (C=O) groups excluding carboxylic acids is 1. The molecule has 0 saturated heterocycles. The summed E-state index contributed by atoms with van der Waals surface area (Å²) >= 11 is 3.43. The van der Waals surface area contributed by atoms with Crippen molar-refractivity contribution >= 4 is 27.5 Å². The Morgan fingerprint density at radius 1 is 1.58 bits per heavy atom. The summed E-state index contributed by atoms with van der Waals surface area (Å²) in [6.07, 6.45) is 2.75. The minimum absolute atomic E-state index is 0.0218. The quantitative estimate of drug-likeness (QED) is 0.897. The van der Waals surface area contributed by atoms with Crippen molar-refractivity contribution in [1.82, 2.24) is 0 Å². The highest BCUT2D eigenvalue weighted by Crippen LogP contribution is 2.38. The van der Waals surface area contributed by atoms with Crippen molar-refractivity contribution in [1.29, 1.82) is 0 Å². The van der Waals surface area contributed by atoms with E-state index in [1.165, 1.54) is 0 Å². The minimum Gasteiger partial charge on any atom is -0.497 e. The lowest BCUT2D eigenvalue weighted by Gasteiger charge is -2.27. The van der Waals surface area contributed by atoms with Gasteiger partial charge in [-0.05, 0) is 47.8 Å². The van der Waals surface area contributed by atoms with Crippen LogP contribution < -0.4 is 15.8 Å². The third-order valence-electron chi connectivity index (χ3n) is 3.97. The molecular formula is C14H19BrN2O2. The molecule has 1 fully saturated rings. The Labute approximate surface area is 121 Å². The summed E-state index contributed by atoms with van der Waals surface area (Å²) in [5.74, 6) is 0.686. The molecule has 2 unspecified atom stereocenters. The number of halogens is 1. The lowest BCUT2D eigenvalue weighted by atomic mass is 9.84. The molecule has 19 heavy (non-hydrogen) atoms. The van der Waals surface area contributed by atoms with Crippen LogP contribution in [0.5, 0.6) is 5.75 Å². The van der Waals surface area contributed by atoms with Crippen LogP contribution in [0.3, 0.4) is 0 Å². The minimum atomic E-state index is -0.484. The summed E-state index contributed by atoms with van der Waals surface area (Å²) in [6.45, 7) is 1.94. The van der Waals surface area contributed by atoms with E-state index in [0.717, 1.165) is 23.7 Å². The van der Waals surface area contributed by atoms with Crippen molar-refractivity contribution in [3.8, 4) is 5.75 Å². The van der Waals surface area contributed by atoms with E-state index in [1.807, 2.05) is 19.1 Å². The molecule has 1 aromatic carbocycles. The van der Waals surface area contributed by atoms with E-state index in [-0.39, 0.29) is 11.9 Å². The third kappa shape index (κ3) is 2.77. The number of benzene rings is 1. The van der Waals surface area contributed by atoms with Gasteiger partial charge in [-0.3, -0.25) is 4.79 Å². The fourth-order valence-corrected chi connectivity index (χ4v) is 2.81. The van der Waals surface area contributed by atoms with Gasteiger partial charge < -0.3 is 15.8 Å². The predicted octanol–water partition coefficient (Wildman–Crippen LogP) is 2.91. The van der Waals surface area contributed by atoms with E-state index in [1.54, 1.807) is 13.2 Å². The molecular weight excluding hydrogens is 308 g/mol. The number of carbonyl (C=O) groups is 1. The Balaban J connectivity index is 2.19. The number of anilines is 1. The maximum atomic E-state index is 12.4. The number of amides is 1. The molecule has 104 valence electrons. The molecule has 0 aromatic heterocycles. The van der Waals surface area contributed by atoms with Gasteiger partial charge in [0.25, 0.3) is 0 Å². The fraction of sp³-hybridized carbons (Fsp3) is 0.500. The molecule has 1 amide bonds. The van der Waals surface area contributed by atoms with Crippen LogP contribution in [0.2, 0.25) is 0 Å². The van der Waals surface area contributed by atoms with Crippen molar-refractivity contribution in [2.75, 3.05) is 12.4 Å². The smallest absolute Gasteiger partial charge is 0.231 e. The Morgan fingerprint density at radius 3 is 2.89 bits per heavy atom. The number of hydrogen-bond donors (Lipinski definition) is 2. The number of hydrogen-bond acceptors (Lipinski definition) is 3. The van der Waals surface area contributed by atoms with Crippen LogP contribution in [-0.4, -0.2) is 19.1 Å². The van der Waals surface area contributed by atoms with Crippen LogP contribution in [0, 0.1) is 5.41 Å². The normalized spacial score (nSPS) is 26.2. The number of nitrogens with one attached hydrogen (secondary N) is 1. The first-order valence-electron chi connectivity index (χ1n) is 6.38. The summed E-state index contributed by atoms with van der Waals surface area (Å²) in [5, 5.41) is 2.95. The average molecular weight is 327 g/mol. The van der Waals surface area contributed by atoms with Gasteiger partial charge in [-0.15, -0.1) is 0 Å². The van der Waals surface area contributed by atoms with Crippen molar-refractivity contribution < 1.29 is 9.53 Å². The highest BCUT2D eigenvalue weighted by molar-refractivity contribution is 9.10. The molecule has 1 aliphatic carbocycles. The number of ether oxygens (including phenoxy) is 1. The zero-order valence-electron chi connectivity index (χ0n) is 11.2. The fourth-order valence-electron chi connectivity index (χ4n) is 2.47. The molecule has 2 rings (SSSR count). The van der Waals surface area contributed by atoms with Gasteiger partial charge in [0, 0.05) is 16.6 Å². The second-order valence-electron chi connectivity index (χ2n) is 5.22. The van der Waals surface area contributed by atoms with Crippen LogP contribution in [0.1, 0.15) is 26.2 Å². The van der Waals surface area contributed by atoms with Crippen LogP contribution in [0.25, 0.3) is 0 Å². The van der Waals surface area contributed by atoms with E-state index >= 15 is 0 Å². The van der Waals surface area contributed by atoms with E-state index in [9.17, 15) is 4.79 Å². The molecule has 1 aliphatic rings. The maximum Gasteiger partial charge on any atom is 0.231 e. The molecule has 0 bridgehead atoms. The van der Waals surface area contributed by atoms with Crippen molar-refractivity contribution in [2.24, 2.45) is 11.1 Å². The average Bonchev–Trinajstić information content (AvgIpc) is 2.73. The summed E-state index contributed by atoms with van der Waals surface area (Å²) in [7, 11) is 1.60. The van der Waals surface area contributed by atoms with E-state index < -0.39 is 5.41 Å². The maximum absolute atomic E-state index is 12.4. The zero-order valence-corrected chi connectivity index (χ0v) is 12.8. The van der Waals surface area contributed by atoms with Crippen molar-refractivity contribution in [3.63, 3.8) is 0 Å². The zero-order chi connectivity index (χ0) is 14.0. The lowest BCUT2D eigenvalue weighted by Crippen LogP contribution is -2.44. The first-order valence-corrected chi connectivity index (χ1v) is 7.17. The Bertz CT molecular complexity index is 492. The largest absolute Gasteiger partial charge is 0.497 e. The van der Waals surface area contributed by atoms with Crippen molar-refractivity contribution in [3.05, 3.63) is 22.7 Å². The van der Waals surface area contributed by atoms with Gasteiger partial charge in [0.15, 0.2) is 0 Å². The summed E-state index contributed by atoms with van der Waals surface area (Å²) in [5.41, 5.74) is 6.29. The lowest BCUT2D eigenvalue weighted by molar-refractivity contribution is -0.125. The molecule has 0 spiro atoms. The van der Waals surface area contributed by atoms with Gasteiger partial charge in [0.2, 0.25) is 5.91 Å². The highest BCUT2D eigenvalue weighted by atomic mass is 79.9. The molecule has 0 radical (unpaired) electrons. The SMILES string of the molecule is COc1ccc(Br)c(NC(=O)C2(C)CCCC2N)c1. The second-order valence-corrected chi connectivity index (χ2v) is 6.07. The number of rotatable bonds is 3. The van der Waals surface area contributed by atoms with E-state index in [4.69, 9.17) is 10.5 Å². The number of nitrogens with two attached hydrogens (primary N) is 1. The van der Waals surface area contributed by atoms with E-state index in [0.29, 0.717) is 11.4 Å². The van der Waals surface area contributed by atoms with Crippen LogP contribution in [-0.2, 0) is 4.79 Å². The molecule has 4 nitrogen and oxygen atoms in total. The molecule has 5 heteroatoms. The topological polar surface area (TPSA) is 64.3 Å². The summed E-state index contributed by atoms with van der Waals surface area (Å²) < 4.78 is 6.00. The summed E-state index contributed by atoms with van der Waals surface area (Å²) in [4.78, 5) is 12.4. The second kappa shape index (κ2) is 5.51. The monoisotopic (exact) mass is 326 g/mol. The van der Waals surface area contributed by atoms with Gasteiger partial charge in [0.05, 0.1) is 18.2 Å². The molecule has 3 N–H and O–H groups in total. The van der Waals surface area contributed by atoms with Crippen LogP contribution in [0.15, 0.2) is 22.7 Å². The van der Waals surface area contributed by atoms with Crippen molar-refractivity contribution in [2.45, 2.75) is 32.2 Å². The first-order chi connectivity index (χ1) is 8.97. The van der Waals surface area contributed by atoms with Gasteiger partial charge in [-0.25, -0.2) is 0 Å². The Morgan fingerprint density at radius 2 is 2.32 bits per heavy atom. The summed E-state index contributed by atoms with van der Waals surface area (Å²) in [6, 6.07) is 5.41. The van der Waals surface area contributed by atoms with Crippen LogP contribution in [0.4, 0.5) is 5.69 Å². The molecule has 0 heterocycles. The van der Waals surface area contributed by atoms with Gasteiger partial charge in [-0.2, -0.15) is 0 Å². The van der Waals surface area contributed by atoms with Gasteiger partial charge in [-0.1, -0.05) is 6.42 Å². The predicted molar refractivity (Wildman–Crippen MR) is 79.3 cm³/mol. The van der Waals surface area contributed by atoms with Crippen LogP contribution >= 0.6 is 15.9 Å². The molecule has 0 aliphatic heterocycles. The van der Waals surface area contributed by atoms with E-state index in [2.05, 4.69) is 21.2 Å². The highest BCUT2D eigenvalue weighted by Gasteiger charge is 2.43. The Hall–Kier alpha value is -1.07. The van der Waals surface area contributed by atoms with Gasteiger partial charge in [0.1, 0.15) is 5.75 Å².